The molecule has 2 aromatic rings. The predicted octanol–water partition coefficient (Wildman–Crippen LogP) is 2.98. The van der Waals surface area contributed by atoms with Gasteiger partial charge in [-0.3, -0.25) is 4.90 Å². The highest BCUT2D eigenvalue weighted by Crippen LogP contribution is 2.39. The van der Waals surface area contributed by atoms with Gasteiger partial charge in [-0.15, -0.1) is 0 Å². The first-order chi connectivity index (χ1) is 14.0. The van der Waals surface area contributed by atoms with E-state index in [1.165, 1.54) is 5.56 Å². The van der Waals surface area contributed by atoms with E-state index in [0.29, 0.717) is 28.0 Å². The summed E-state index contributed by atoms with van der Waals surface area (Å²) in [7, 11) is 0.535. The lowest BCUT2D eigenvalue weighted by Crippen LogP contribution is -2.48. The van der Waals surface area contributed by atoms with Crippen LogP contribution in [0.15, 0.2) is 56.7 Å². The summed E-state index contributed by atoms with van der Waals surface area (Å²) < 4.78 is 28.5. The van der Waals surface area contributed by atoms with E-state index in [1.54, 1.807) is 32.6 Å². The van der Waals surface area contributed by atoms with Crippen LogP contribution < -0.4 is 9.47 Å². The molecule has 2 aliphatic heterocycles. The van der Waals surface area contributed by atoms with E-state index >= 15 is 0 Å². The molecule has 1 unspecified atom stereocenters. The van der Waals surface area contributed by atoms with Crippen LogP contribution in [0, 0.1) is 0 Å². The second kappa shape index (κ2) is 8.04. The molecule has 1 fully saturated rings. The summed E-state index contributed by atoms with van der Waals surface area (Å²) >= 11 is 0. The molecule has 2 aromatic carbocycles. The second-order valence-corrected chi connectivity index (χ2v) is 9.46. The fourth-order valence-corrected chi connectivity index (χ4v) is 5.03. The molecule has 0 radical (unpaired) electrons. The number of aliphatic imine (C=N–C) groups is 1. The Bertz CT molecular complexity index is 1040. The van der Waals surface area contributed by atoms with Gasteiger partial charge >= 0.3 is 0 Å². The zero-order valence-electron chi connectivity index (χ0n) is 17.0. The zero-order chi connectivity index (χ0) is 20.4. The van der Waals surface area contributed by atoms with E-state index in [4.69, 9.17) is 14.5 Å². The van der Waals surface area contributed by atoms with Gasteiger partial charge in [-0.2, -0.15) is 4.36 Å². The highest BCUT2D eigenvalue weighted by molar-refractivity contribution is 7.93. The average Bonchev–Trinajstić information content (AvgIpc) is 2.73. The van der Waals surface area contributed by atoms with Crippen molar-refractivity contribution in [3.05, 3.63) is 48.0 Å². The summed E-state index contributed by atoms with van der Waals surface area (Å²) in [5.41, 5.74) is 1.94. The highest BCUT2D eigenvalue weighted by atomic mass is 32.2. The second-order valence-electron chi connectivity index (χ2n) is 7.23. The van der Waals surface area contributed by atoms with Crippen LogP contribution in [0.25, 0.3) is 0 Å². The Balaban J connectivity index is 1.54. The summed E-state index contributed by atoms with van der Waals surface area (Å²) in [5.74, 6) is 1.64. The van der Waals surface area contributed by atoms with Gasteiger partial charge < -0.3 is 14.4 Å². The quantitative estimate of drug-likeness (QED) is 0.770. The van der Waals surface area contributed by atoms with Gasteiger partial charge in [0.05, 0.1) is 34.5 Å². The SMILES string of the molecule is COc1cc2c(cc1OC)S(C)(=O)=NC(N1CCN(Cc3ccccc3)CC1)=N2. The van der Waals surface area contributed by atoms with Crippen molar-refractivity contribution < 1.29 is 13.7 Å². The van der Waals surface area contributed by atoms with Crippen LogP contribution in [0.1, 0.15) is 5.56 Å². The number of hydrogen-bond acceptors (Lipinski definition) is 7. The van der Waals surface area contributed by atoms with Gasteiger partial charge in [-0.1, -0.05) is 30.3 Å². The maximum absolute atomic E-state index is 13.3. The largest absolute Gasteiger partial charge is 0.493 e. The fraction of sp³-hybridized carbons (Fsp3) is 0.381. The molecule has 1 atom stereocenters. The molecule has 4 rings (SSSR count). The Morgan fingerprint density at radius 1 is 1.00 bits per heavy atom. The van der Waals surface area contributed by atoms with Gasteiger partial charge in [0.25, 0.3) is 0 Å². The van der Waals surface area contributed by atoms with Crippen molar-refractivity contribution in [2.45, 2.75) is 11.4 Å². The minimum Gasteiger partial charge on any atom is -0.493 e. The number of nitrogens with zero attached hydrogens (tertiary/aromatic N) is 4. The van der Waals surface area contributed by atoms with E-state index in [2.05, 4.69) is 38.4 Å². The number of hydrogen-bond donors (Lipinski definition) is 0. The van der Waals surface area contributed by atoms with Crippen LogP contribution in [0.4, 0.5) is 5.69 Å². The summed E-state index contributed by atoms with van der Waals surface area (Å²) in [6.07, 6.45) is 1.65. The van der Waals surface area contributed by atoms with Crippen LogP contribution in [-0.2, 0) is 16.3 Å². The third kappa shape index (κ3) is 4.09. The Morgan fingerprint density at radius 2 is 1.66 bits per heavy atom. The van der Waals surface area contributed by atoms with Gasteiger partial charge in [0.1, 0.15) is 0 Å². The molecular weight excluding hydrogens is 388 g/mol. The van der Waals surface area contributed by atoms with Crippen LogP contribution in [0.5, 0.6) is 11.5 Å². The van der Waals surface area contributed by atoms with Gasteiger partial charge in [-0.25, -0.2) is 9.20 Å². The zero-order valence-corrected chi connectivity index (χ0v) is 17.8. The standard InChI is InChI=1S/C21H26N4O3S/c1-27-18-13-17-20(14-19(18)28-2)29(3,26)23-21(22-17)25-11-9-24(10-12-25)15-16-7-5-4-6-8-16/h4-8,13-14H,9-12,15H2,1-3H3. The van der Waals surface area contributed by atoms with Crippen molar-refractivity contribution in [2.24, 2.45) is 9.36 Å². The molecule has 1 saturated heterocycles. The van der Waals surface area contributed by atoms with E-state index in [9.17, 15) is 4.21 Å². The van der Waals surface area contributed by atoms with Gasteiger partial charge in [0.2, 0.25) is 5.96 Å². The molecule has 0 spiro atoms. The van der Waals surface area contributed by atoms with Crippen molar-refractivity contribution in [3.63, 3.8) is 0 Å². The first-order valence-corrected chi connectivity index (χ1v) is 11.5. The van der Waals surface area contributed by atoms with Gasteiger partial charge in [0.15, 0.2) is 11.5 Å². The molecule has 0 aromatic heterocycles. The summed E-state index contributed by atoms with van der Waals surface area (Å²) in [5, 5.41) is 0. The van der Waals surface area contributed by atoms with Crippen LogP contribution in [0.3, 0.4) is 0 Å². The van der Waals surface area contributed by atoms with E-state index in [-0.39, 0.29) is 0 Å². The van der Waals surface area contributed by atoms with Crippen molar-refractivity contribution in [2.75, 3.05) is 46.7 Å². The number of piperazine rings is 1. The Hall–Kier alpha value is -2.58. The molecule has 0 aliphatic carbocycles. The minimum absolute atomic E-state index is 0.532. The number of fused-ring (bicyclic) bond motifs is 1. The predicted molar refractivity (Wildman–Crippen MR) is 115 cm³/mol. The molecule has 7 nitrogen and oxygen atoms in total. The molecule has 29 heavy (non-hydrogen) atoms. The molecule has 0 bridgehead atoms. The van der Waals surface area contributed by atoms with Gasteiger partial charge in [0, 0.05) is 51.1 Å². The average molecular weight is 415 g/mol. The lowest BCUT2D eigenvalue weighted by molar-refractivity contribution is 0.174. The van der Waals surface area contributed by atoms with Crippen LogP contribution in [0.2, 0.25) is 0 Å². The van der Waals surface area contributed by atoms with E-state index in [0.717, 1.165) is 32.7 Å². The fourth-order valence-electron chi connectivity index (χ4n) is 3.65. The summed E-state index contributed by atoms with van der Waals surface area (Å²) in [6, 6.07) is 14.0. The minimum atomic E-state index is -2.61. The molecule has 8 heteroatoms. The number of ether oxygens (including phenoxy) is 2. The van der Waals surface area contributed by atoms with E-state index < -0.39 is 9.73 Å². The maximum Gasteiger partial charge on any atom is 0.234 e. The van der Waals surface area contributed by atoms with Crippen molar-refractivity contribution >= 4 is 21.4 Å². The van der Waals surface area contributed by atoms with Crippen molar-refractivity contribution in [1.29, 1.82) is 0 Å². The Labute approximate surface area is 172 Å². The van der Waals surface area contributed by atoms with Crippen molar-refractivity contribution in [1.82, 2.24) is 9.80 Å². The lowest BCUT2D eigenvalue weighted by atomic mass is 10.2. The first-order valence-electron chi connectivity index (χ1n) is 9.58. The maximum atomic E-state index is 13.3. The smallest absolute Gasteiger partial charge is 0.234 e. The molecule has 0 amide bonds. The Kier molecular flexibility index (Phi) is 5.47. The van der Waals surface area contributed by atoms with Gasteiger partial charge in [-0.05, 0) is 5.56 Å². The molecule has 0 saturated carbocycles. The third-order valence-electron chi connectivity index (χ3n) is 5.25. The first kappa shape index (κ1) is 19.7. The molecule has 154 valence electrons. The molecular formula is C21H26N4O3S. The highest BCUT2D eigenvalue weighted by Gasteiger charge is 2.27. The van der Waals surface area contributed by atoms with E-state index in [1.807, 2.05) is 6.07 Å². The number of methoxy groups -OCH3 is 2. The topological polar surface area (TPSA) is 66.7 Å². The number of benzene rings is 2. The number of guanidine groups is 1. The molecule has 2 heterocycles. The summed E-state index contributed by atoms with van der Waals surface area (Å²) in [6.45, 7) is 4.35. The Morgan fingerprint density at radius 3 is 2.31 bits per heavy atom. The lowest BCUT2D eigenvalue weighted by Gasteiger charge is -2.36. The normalized spacial score (nSPS) is 21.8. The number of rotatable bonds is 4. The monoisotopic (exact) mass is 414 g/mol. The van der Waals surface area contributed by atoms with Crippen molar-refractivity contribution in [3.8, 4) is 11.5 Å². The van der Waals surface area contributed by atoms with Crippen LogP contribution in [-0.4, -0.2) is 66.6 Å². The summed E-state index contributed by atoms with van der Waals surface area (Å²) in [4.78, 5) is 9.82. The third-order valence-corrected chi connectivity index (χ3v) is 6.91. The molecule has 0 N–H and O–H groups in total. The van der Waals surface area contributed by atoms with Crippen LogP contribution >= 0.6 is 0 Å². The molecule has 2 aliphatic rings.